The zero-order chi connectivity index (χ0) is 16.3. The van der Waals surface area contributed by atoms with Crippen LogP contribution >= 0.6 is 11.6 Å². The molecule has 0 amide bonds. The highest BCUT2D eigenvalue weighted by molar-refractivity contribution is 7.89. The minimum Gasteiger partial charge on any atom is -0.480 e. The molecule has 1 aliphatic rings. The Morgan fingerprint density at radius 2 is 2.14 bits per heavy atom. The summed E-state index contributed by atoms with van der Waals surface area (Å²) in [7, 11) is -3.78. The van der Waals surface area contributed by atoms with Gasteiger partial charge in [0.05, 0.1) is 11.1 Å². The number of anilines is 1. The van der Waals surface area contributed by atoms with Crippen molar-refractivity contribution in [1.29, 1.82) is 0 Å². The molecule has 0 atom stereocenters. The van der Waals surface area contributed by atoms with Gasteiger partial charge in [-0.15, -0.1) is 0 Å². The van der Waals surface area contributed by atoms with Crippen molar-refractivity contribution in [1.82, 2.24) is 9.29 Å². The van der Waals surface area contributed by atoms with Gasteiger partial charge in [0, 0.05) is 19.3 Å². The highest BCUT2D eigenvalue weighted by atomic mass is 35.5. The molecule has 1 fully saturated rings. The van der Waals surface area contributed by atoms with Gasteiger partial charge in [0.25, 0.3) is 0 Å². The zero-order valence-electron chi connectivity index (χ0n) is 11.6. The molecule has 0 aromatic carbocycles. The van der Waals surface area contributed by atoms with Gasteiger partial charge in [-0.25, -0.2) is 18.2 Å². The highest BCUT2D eigenvalue weighted by Crippen LogP contribution is 2.26. The Kier molecular flexibility index (Phi) is 5.22. The van der Waals surface area contributed by atoms with Crippen LogP contribution in [-0.4, -0.2) is 54.6 Å². The summed E-state index contributed by atoms with van der Waals surface area (Å²) in [5.41, 5.74) is 5.62. The Bertz CT molecular complexity index is 659. The predicted octanol–water partition coefficient (Wildman–Crippen LogP) is 0.571. The topological polar surface area (TPSA) is 123 Å². The van der Waals surface area contributed by atoms with Gasteiger partial charge < -0.3 is 15.6 Å². The number of rotatable bonds is 5. The number of pyridine rings is 1. The highest BCUT2D eigenvalue weighted by Gasteiger charge is 2.31. The van der Waals surface area contributed by atoms with Crippen LogP contribution in [0.15, 0.2) is 17.2 Å². The Balaban J connectivity index is 2.06. The number of aliphatic carboxylic acids is 1. The first-order valence-electron chi connectivity index (χ1n) is 6.55. The molecular formula is C12H16ClN3O5S. The Morgan fingerprint density at radius 1 is 1.50 bits per heavy atom. The van der Waals surface area contributed by atoms with E-state index in [4.69, 9.17) is 27.2 Å². The van der Waals surface area contributed by atoms with Crippen LogP contribution in [0.5, 0.6) is 0 Å². The third-order valence-corrected chi connectivity index (χ3v) is 5.44. The lowest BCUT2D eigenvalue weighted by Gasteiger charge is -2.31. The number of carboxylic acids is 1. The molecule has 122 valence electrons. The third kappa shape index (κ3) is 3.86. The van der Waals surface area contributed by atoms with E-state index < -0.39 is 16.0 Å². The number of ether oxygens (including phenoxy) is 1. The van der Waals surface area contributed by atoms with E-state index in [2.05, 4.69) is 4.98 Å². The van der Waals surface area contributed by atoms with Gasteiger partial charge in [0.1, 0.15) is 17.3 Å². The van der Waals surface area contributed by atoms with Gasteiger partial charge in [-0.3, -0.25) is 0 Å². The van der Waals surface area contributed by atoms with Gasteiger partial charge in [-0.2, -0.15) is 4.31 Å². The number of nitrogens with zero attached hydrogens (tertiary/aromatic N) is 2. The molecule has 0 unspecified atom stereocenters. The molecule has 1 aliphatic heterocycles. The molecule has 2 rings (SSSR count). The van der Waals surface area contributed by atoms with Crippen LogP contribution in [0.1, 0.15) is 12.8 Å². The van der Waals surface area contributed by atoms with Crippen LogP contribution in [0.4, 0.5) is 5.82 Å². The number of piperidine rings is 1. The largest absolute Gasteiger partial charge is 0.480 e. The zero-order valence-corrected chi connectivity index (χ0v) is 13.2. The molecule has 8 nitrogen and oxygen atoms in total. The number of nitrogens with two attached hydrogens (primary N) is 1. The maximum atomic E-state index is 12.5. The summed E-state index contributed by atoms with van der Waals surface area (Å²) in [6.45, 7) is 0.0553. The average Bonchev–Trinajstić information content (AvgIpc) is 2.48. The smallest absolute Gasteiger partial charge is 0.329 e. The van der Waals surface area contributed by atoms with E-state index in [-0.39, 0.29) is 41.5 Å². The third-order valence-electron chi connectivity index (χ3n) is 3.31. The fourth-order valence-electron chi connectivity index (χ4n) is 2.21. The summed E-state index contributed by atoms with van der Waals surface area (Å²) in [5, 5.41) is 8.75. The van der Waals surface area contributed by atoms with E-state index in [1.165, 1.54) is 16.6 Å². The standard InChI is InChI=1S/C12H16ClN3O5S/c13-8-5-10(12(14)15-6-8)22(19,20)16-3-1-9(2-4-16)21-7-11(17)18/h5-6,9H,1-4,7H2,(H2,14,15)(H,17,18). The number of halogens is 1. The monoisotopic (exact) mass is 349 g/mol. The van der Waals surface area contributed by atoms with E-state index in [0.717, 1.165) is 0 Å². The van der Waals surface area contributed by atoms with Crippen molar-refractivity contribution >= 4 is 33.4 Å². The van der Waals surface area contributed by atoms with Crippen molar-refractivity contribution in [2.24, 2.45) is 0 Å². The van der Waals surface area contributed by atoms with E-state index in [1.54, 1.807) is 0 Å². The second kappa shape index (κ2) is 6.78. The minimum absolute atomic E-state index is 0.103. The van der Waals surface area contributed by atoms with Gasteiger partial charge in [0.15, 0.2) is 0 Å². The molecule has 0 aliphatic carbocycles. The Morgan fingerprint density at radius 3 is 2.73 bits per heavy atom. The van der Waals surface area contributed by atoms with Crippen molar-refractivity contribution in [2.75, 3.05) is 25.4 Å². The fourth-order valence-corrected chi connectivity index (χ4v) is 3.99. The van der Waals surface area contributed by atoms with Crippen molar-refractivity contribution in [3.8, 4) is 0 Å². The summed E-state index contributed by atoms with van der Waals surface area (Å²) in [6, 6.07) is 1.27. The lowest BCUT2D eigenvalue weighted by atomic mass is 10.1. The summed E-state index contributed by atoms with van der Waals surface area (Å²) >= 11 is 5.78. The van der Waals surface area contributed by atoms with Crippen molar-refractivity contribution in [3.05, 3.63) is 17.3 Å². The van der Waals surface area contributed by atoms with Gasteiger partial charge in [-0.1, -0.05) is 11.6 Å². The summed E-state index contributed by atoms with van der Waals surface area (Å²) in [4.78, 5) is 14.1. The molecular weight excluding hydrogens is 334 g/mol. The molecule has 0 bridgehead atoms. The summed E-state index contributed by atoms with van der Waals surface area (Å²) < 4.78 is 31.5. The lowest BCUT2D eigenvalue weighted by molar-refractivity contribution is -0.145. The normalized spacial score (nSPS) is 17.5. The quantitative estimate of drug-likeness (QED) is 0.796. The van der Waals surface area contributed by atoms with E-state index in [1.807, 2.05) is 0 Å². The fraction of sp³-hybridized carbons (Fsp3) is 0.500. The predicted molar refractivity (Wildman–Crippen MR) is 79.0 cm³/mol. The number of hydrogen-bond acceptors (Lipinski definition) is 6. The second-order valence-electron chi connectivity index (χ2n) is 4.85. The van der Waals surface area contributed by atoms with Crippen molar-refractivity contribution in [2.45, 2.75) is 23.8 Å². The summed E-state index contributed by atoms with van der Waals surface area (Å²) in [6.07, 6.45) is 1.85. The molecule has 1 aromatic heterocycles. The first kappa shape index (κ1) is 16.9. The number of carbonyl (C=O) groups is 1. The van der Waals surface area contributed by atoms with Crippen molar-refractivity contribution in [3.63, 3.8) is 0 Å². The number of carboxylic acid groups (broad SMARTS) is 1. The van der Waals surface area contributed by atoms with Crippen LogP contribution in [0.3, 0.4) is 0 Å². The van der Waals surface area contributed by atoms with Gasteiger partial charge >= 0.3 is 5.97 Å². The van der Waals surface area contributed by atoms with Crippen LogP contribution in [-0.2, 0) is 19.6 Å². The van der Waals surface area contributed by atoms with E-state index in [9.17, 15) is 13.2 Å². The maximum Gasteiger partial charge on any atom is 0.329 e. The first-order valence-corrected chi connectivity index (χ1v) is 8.37. The Labute approximate surface area is 132 Å². The van der Waals surface area contributed by atoms with Gasteiger partial charge in [0.2, 0.25) is 10.0 Å². The molecule has 0 spiro atoms. The molecule has 22 heavy (non-hydrogen) atoms. The van der Waals surface area contributed by atoms with Crippen LogP contribution < -0.4 is 5.73 Å². The SMILES string of the molecule is Nc1ncc(Cl)cc1S(=O)(=O)N1CCC(OCC(=O)O)CC1. The maximum absolute atomic E-state index is 12.5. The second-order valence-corrected chi connectivity index (χ2v) is 7.19. The molecule has 0 saturated carbocycles. The number of sulfonamides is 1. The minimum atomic E-state index is -3.78. The molecule has 1 aromatic rings. The van der Waals surface area contributed by atoms with E-state index >= 15 is 0 Å². The number of hydrogen-bond donors (Lipinski definition) is 2. The molecule has 10 heteroatoms. The molecule has 1 saturated heterocycles. The molecule has 2 heterocycles. The number of nitrogen functional groups attached to an aromatic ring is 1. The lowest BCUT2D eigenvalue weighted by Crippen LogP contribution is -2.41. The van der Waals surface area contributed by atoms with Crippen LogP contribution in [0.2, 0.25) is 5.02 Å². The average molecular weight is 350 g/mol. The van der Waals surface area contributed by atoms with Crippen molar-refractivity contribution < 1.29 is 23.1 Å². The van der Waals surface area contributed by atoms with Crippen LogP contribution in [0.25, 0.3) is 0 Å². The number of aromatic nitrogens is 1. The summed E-state index contributed by atoms with van der Waals surface area (Å²) in [5.74, 6) is -1.15. The Hall–Kier alpha value is -1.42. The molecule has 0 radical (unpaired) electrons. The first-order chi connectivity index (χ1) is 10.3. The molecule has 3 N–H and O–H groups in total. The van der Waals surface area contributed by atoms with Crippen LogP contribution in [0, 0.1) is 0 Å². The van der Waals surface area contributed by atoms with E-state index in [0.29, 0.717) is 12.8 Å². The van der Waals surface area contributed by atoms with Gasteiger partial charge in [-0.05, 0) is 18.9 Å².